The summed E-state index contributed by atoms with van der Waals surface area (Å²) in [6.45, 7) is 2.02. The minimum absolute atomic E-state index is 0.126. The third-order valence-corrected chi connectivity index (χ3v) is 3.30. The monoisotopic (exact) mass is 263 g/mol. The van der Waals surface area contributed by atoms with E-state index in [-0.39, 0.29) is 19.0 Å². The summed E-state index contributed by atoms with van der Waals surface area (Å²) >= 11 is 0. The van der Waals surface area contributed by atoms with Crippen LogP contribution in [0.4, 0.5) is 0 Å². The molecule has 0 bridgehead atoms. The van der Waals surface area contributed by atoms with Gasteiger partial charge in [-0.05, 0) is 13.0 Å². The number of aliphatic hydroxyl groups excluding tert-OH is 2. The van der Waals surface area contributed by atoms with Gasteiger partial charge in [0, 0.05) is 19.3 Å². The van der Waals surface area contributed by atoms with Crippen LogP contribution in [0.25, 0.3) is 11.1 Å². The molecule has 1 amide bonds. The van der Waals surface area contributed by atoms with Gasteiger partial charge in [0.05, 0.1) is 28.9 Å². The van der Waals surface area contributed by atoms with Gasteiger partial charge in [-0.15, -0.1) is 0 Å². The van der Waals surface area contributed by atoms with E-state index < -0.39 is 12.2 Å². The maximum atomic E-state index is 12.2. The average Bonchev–Trinajstić information content (AvgIpc) is 2.93. The predicted molar refractivity (Wildman–Crippen MR) is 64.5 cm³/mol. The molecule has 0 aromatic carbocycles. The molecule has 2 atom stereocenters. The Balaban J connectivity index is 1.91. The topological polar surface area (TPSA) is 99.7 Å². The number of aromatic nitrogens is 2. The van der Waals surface area contributed by atoms with Gasteiger partial charge < -0.3 is 19.6 Å². The van der Waals surface area contributed by atoms with Crippen molar-refractivity contribution in [2.24, 2.45) is 0 Å². The van der Waals surface area contributed by atoms with Gasteiger partial charge in [0.1, 0.15) is 0 Å². The molecule has 0 unspecified atom stereocenters. The number of aliphatic hydroxyl groups is 2. The lowest BCUT2D eigenvalue weighted by Crippen LogP contribution is -2.29. The number of hydrogen-bond donors (Lipinski definition) is 2. The fraction of sp³-hybridized carbons (Fsp3) is 0.417. The molecule has 2 aromatic rings. The fourth-order valence-electron chi connectivity index (χ4n) is 2.18. The van der Waals surface area contributed by atoms with E-state index in [0.717, 1.165) is 0 Å². The van der Waals surface area contributed by atoms with E-state index in [0.29, 0.717) is 22.4 Å². The van der Waals surface area contributed by atoms with Crippen LogP contribution in [0, 0.1) is 6.92 Å². The number of β-amino-alcohol motifs (C(OH)–C–C–N with tert-alkyl or cyclic N) is 2. The van der Waals surface area contributed by atoms with Crippen molar-refractivity contribution in [3.63, 3.8) is 0 Å². The summed E-state index contributed by atoms with van der Waals surface area (Å²) in [6, 6.07) is 1.66. The summed E-state index contributed by atoms with van der Waals surface area (Å²) in [5, 5.41) is 23.4. The zero-order valence-corrected chi connectivity index (χ0v) is 10.3. The number of hydrogen-bond acceptors (Lipinski definition) is 6. The van der Waals surface area contributed by atoms with Crippen molar-refractivity contribution < 1.29 is 19.5 Å². The van der Waals surface area contributed by atoms with Crippen LogP contribution in [-0.4, -0.2) is 56.5 Å². The molecule has 3 rings (SSSR count). The van der Waals surface area contributed by atoms with Crippen molar-refractivity contribution in [2.75, 3.05) is 13.1 Å². The Bertz CT molecular complexity index is 629. The molecular weight excluding hydrogens is 250 g/mol. The first-order chi connectivity index (χ1) is 9.06. The van der Waals surface area contributed by atoms with Crippen molar-refractivity contribution in [2.45, 2.75) is 19.1 Å². The molecule has 7 heteroatoms. The second-order valence-corrected chi connectivity index (χ2v) is 4.69. The van der Waals surface area contributed by atoms with Crippen molar-refractivity contribution >= 4 is 17.0 Å². The smallest absolute Gasteiger partial charge is 0.257 e. The molecule has 0 radical (unpaired) electrons. The molecule has 0 saturated carbocycles. The Hall–Kier alpha value is -1.99. The predicted octanol–water partition coefficient (Wildman–Crippen LogP) is -0.291. The largest absolute Gasteiger partial charge is 0.388 e. The quantitative estimate of drug-likeness (QED) is 0.733. The molecule has 1 saturated heterocycles. The summed E-state index contributed by atoms with van der Waals surface area (Å²) in [7, 11) is 0. The molecule has 7 nitrogen and oxygen atoms in total. The van der Waals surface area contributed by atoms with Crippen LogP contribution < -0.4 is 0 Å². The first-order valence-corrected chi connectivity index (χ1v) is 5.93. The molecule has 0 spiro atoms. The molecule has 1 fully saturated rings. The number of fused-ring (bicyclic) bond motifs is 1. The van der Waals surface area contributed by atoms with Crippen molar-refractivity contribution in [3.8, 4) is 0 Å². The Morgan fingerprint density at radius 3 is 2.79 bits per heavy atom. The molecular formula is C12H13N3O4. The van der Waals surface area contributed by atoms with E-state index in [4.69, 9.17) is 4.52 Å². The van der Waals surface area contributed by atoms with Crippen LogP contribution in [0.2, 0.25) is 0 Å². The lowest BCUT2D eigenvalue weighted by Gasteiger charge is -2.14. The lowest BCUT2D eigenvalue weighted by molar-refractivity contribution is 0.0572. The summed E-state index contributed by atoms with van der Waals surface area (Å²) in [5.41, 5.74) is 1.44. The number of pyridine rings is 1. The molecule has 2 aromatic heterocycles. The van der Waals surface area contributed by atoms with Gasteiger partial charge >= 0.3 is 0 Å². The van der Waals surface area contributed by atoms with Crippen LogP contribution in [0.5, 0.6) is 0 Å². The van der Waals surface area contributed by atoms with Crippen LogP contribution in [0.1, 0.15) is 16.1 Å². The van der Waals surface area contributed by atoms with E-state index in [1.165, 1.54) is 11.1 Å². The molecule has 1 aliphatic heterocycles. The van der Waals surface area contributed by atoms with Gasteiger partial charge in [-0.25, -0.2) is 4.98 Å². The number of nitrogens with zero attached hydrogens (tertiary/aromatic N) is 3. The van der Waals surface area contributed by atoms with E-state index in [2.05, 4.69) is 10.1 Å². The Morgan fingerprint density at radius 2 is 2.11 bits per heavy atom. The van der Waals surface area contributed by atoms with E-state index in [1.54, 1.807) is 13.0 Å². The van der Waals surface area contributed by atoms with Crippen LogP contribution in [-0.2, 0) is 0 Å². The zero-order chi connectivity index (χ0) is 13.6. The summed E-state index contributed by atoms with van der Waals surface area (Å²) in [4.78, 5) is 17.7. The maximum absolute atomic E-state index is 12.2. The summed E-state index contributed by atoms with van der Waals surface area (Å²) < 4.78 is 4.98. The van der Waals surface area contributed by atoms with Crippen LogP contribution in [0.3, 0.4) is 0 Å². The molecule has 2 N–H and O–H groups in total. The van der Waals surface area contributed by atoms with Crippen LogP contribution >= 0.6 is 0 Å². The minimum Gasteiger partial charge on any atom is -0.388 e. The number of rotatable bonds is 1. The number of carbonyl (C=O) groups is 1. The molecule has 19 heavy (non-hydrogen) atoms. The van der Waals surface area contributed by atoms with Gasteiger partial charge in [0.25, 0.3) is 11.6 Å². The highest BCUT2D eigenvalue weighted by molar-refractivity contribution is 5.97. The highest BCUT2D eigenvalue weighted by Gasteiger charge is 2.33. The number of likely N-dealkylation sites (tertiary alicyclic amines) is 1. The number of amides is 1. The molecule has 0 aliphatic carbocycles. The number of aryl methyl sites for hydroxylation is 1. The first kappa shape index (κ1) is 12.1. The van der Waals surface area contributed by atoms with Crippen molar-refractivity contribution in [1.29, 1.82) is 0 Å². The SMILES string of the molecule is Cc1noc2ncc(C(=O)N3C[C@@H](O)[C@@H](O)C3)cc12. The van der Waals surface area contributed by atoms with Gasteiger partial charge in [-0.2, -0.15) is 0 Å². The highest BCUT2D eigenvalue weighted by atomic mass is 16.5. The normalized spacial score (nSPS) is 23.2. The van der Waals surface area contributed by atoms with E-state index >= 15 is 0 Å². The Labute approximate surface area is 108 Å². The third-order valence-electron chi connectivity index (χ3n) is 3.30. The van der Waals surface area contributed by atoms with Gasteiger partial charge in [0.15, 0.2) is 0 Å². The zero-order valence-electron chi connectivity index (χ0n) is 10.3. The highest BCUT2D eigenvalue weighted by Crippen LogP contribution is 2.19. The maximum Gasteiger partial charge on any atom is 0.257 e. The minimum atomic E-state index is -0.891. The van der Waals surface area contributed by atoms with E-state index in [9.17, 15) is 15.0 Å². The van der Waals surface area contributed by atoms with Crippen molar-refractivity contribution in [3.05, 3.63) is 23.5 Å². The summed E-state index contributed by atoms with van der Waals surface area (Å²) in [5.74, 6) is -0.273. The fourth-order valence-corrected chi connectivity index (χ4v) is 2.18. The average molecular weight is 263 g/mol. The molecule has 3 heterocycles. The summed E-state index contributed by atoms with van der Waals surface area (Å²) in [6.07, 6.45) is -0.372. The molecule has 100 valence electrons. The van der Waals surface area contributed by atoms with Gasteiger partial charge in [-0.1, -0.05) is 5.16 Å². The number of carbonyl (C=O) groups excluding carboxylic acids is 1. The van der Waals surface area contributed by atoms with Crippen molar-refractivity contribution in [1.82, 2.24) is 15.0 Å². The Kier molecular flexibility index (Phi) is 2.72. The van der Waals surface area contributed by atoms with Gasteiger partial charge in [-0.3, -0.25) is 4.79 Å². The Morgan fingerprint density at radius 1 is 1.42 bits per heavy atom. The first-order valence-electron chi connectivity index (χ1n) is 5.93. The molecule has 1 aliphatic rings. The second kappa shape index (κ2) is 4.29. The van der Waals surface area contributed by atoms with Gasteiger partial charge in [0.2, 0.25) is 0 Å². The van der Waals surface area contributed by atoms with Crippen LogP contribution in [0.15, 0.2) is 16.8 Å². The lowest BCUT2D eigenvalue weighted by atomic mass is 10.2. The standard InChI is InChI=1S/C12H13N3O4/c1-6-8-2-7(3-13-11(8)19-14-6)12(18)15-4-9(16)10(17)5-15/h2-3,9-10,16-17H,4-5H2,1H3/t9-,10+. The second-order valence-electron chi connectivity index (χ2n) is 4.69. The van der Waals surface area contributed by atoms with E-state index in [1.807, 2.05) is 0 Å². The third kappa shape index (κ3) is 1.96.